The van der Waals surface area contributed by atoms with Crippen LogP contribution in [-0.2, 0) is 17.1 Å². The van der Waals surface area contributed by atoms with Gasteiger partial charge in [-0.2, -0.15) is 5.10 Å². The molecule has 0 radical (unpaired) electrons. The van der Waals surface area contributed by atoms with Crippen LogP contribution in [0.5, 0.6) is 0 Å². The number of nitrogens with one attached hydrogen (secondary N) is 1. The number of hydrogen-bond acceptors (Lipinski definition) is 5. The lowest BCUT2D eigenvalue weighted by atomic mass is 10.2. The number of nitrogen functional groups attached to an aromatic ring is 1. The lowest BCUT2D eigenvalue weighted by Gasteiger charge is -2.16. The van der Waals surface area contributed by atoms with Crippen molar-refractivity contribution in [2.75, 3.05) is 26.4 Å². The fourth-order valence-electron chi connectivity index (χ4n) is 1.78. The molecule has 3 N–H and O–H groups in total. The Labute approximate surface area is 114 Å². The zero-order valence-electron chi connectivity index (χ0n) is 12.1. The number of sulfonamides is 1. The second-order valence-electron chi connectivity index (χ2n) is 5.04. The summed E-state index contributed by atoms with van der Waals surface area (Å²) in [6, 6.07) is -0.161. The molecule has 0 saturated carbocycles. The minimum Gasteiger partial charge on any atom is -0.381 e. The highest BCUT2D eigenvalue weighted by Gasteiger charge is 2.25. The van der Waals surface area contributed by atoms with E-state index in [0.29, 0.717) is 5.69 Å². The van der Waals surface area contributed by atoms with Crippen molar-refractivity contribution in [3.05, 3.63) is 5.69 Å². The molecule has 0 bridgehead atoms. The molecule has 1 atom stereocenters. The summed E-state index contributed by atoms with van der Waals surface area (Å²) in [4.78, 5) is 2.08. The quantitative estimate of drug-likeness (QED) is 0.764. The molecule has 1 rings (SSSR count). The number of aromatic nitrogens is 2. The van der Waals surface area contributed by atoms with Crippen LogP contribution in [0.3, 0.4) is 0 Å². The van der Waals surface area contributed by atoms with Crippen molar-refractivity contribution < 1.29 is 8.42 Å². The fraction of sp³-hybridized carbons (Fsp3) is 0.727. The van der Waals surface area contributed by atoms with Gasteiger partial charge in [-0.1, -0.05) is 0 Å². The molecule has 0 amide bonds. The second-order valence-corrected chi connectivity index (χ2v) is 6.69. The van der Waals surface area contributed by atoms with Crippen molar-refractivity contribution in [2.24, 2.45) is 7.05 Å². The monoisotopic (exact) mass is 289 g/mol. The third-order valence-electron chi connectivity index (χ3n) is 2.94. The minimum atomic E-state index is -3.62. The predicted octanol–water partition coefficient (Wildman–Crippen LogP) is -0.0708. The van der Waals surface area contributed by atoms with Gasteiger partial charge in [0.2, 0.25) is 10.0 Å². The Kier molecular flexibility index (Phi) is 4.94. The van der Waals surface area contributed by atoms with Crippen LogP contribution in [0.4, 0.5) is 5.82 Å². The molecule has 0 aliphatic carbocycles. The first kappa shape index (κ1) is 15.9. The summed E-state index contributed by atoms with van der Waals surface area (Å²) >= 11 is 0. The zero-order valence-corrected chi connectivity index (χ0v) is 13.0. The number of rotatable bonds is 6. The van der Waals surface area contributed by atoms with Gasteiger partial charge >= 0.3 is 0 Å². The molecule has 0 aliphatic heterocycles. The highest BCUT2D eigenvalue weighted by atomic mass is 32.2. The lowest BCUT2D eigenvalue weighted by Crippen LogP contribution is -2.35. The Morgan fingerprint density at radius 2 is 2.05 bits per heavy atom. The SMILES string of the molecule is Cc1c(S(=O)(=O)NC(C)CCN(C)C)c(N)nn1C. The topological polar surface area (TPSA) is 93.2 Å². The van der Waals surface area contributed by atoms with Crippen molar-refractivity contribution in [1.82, 2.24) is 19.4 Å². The van der Waals surface area contributed by atoms with Crippen LogP contribution in [0, 0.1) is 6.92 Å². The van der Waals surface area contributed by atoms with Crippen molar-refractivity contribution in [3.8, 4) is 0 Å². The Balaban J connectivity index is 2.87. The zero-order chi connectivity index (χ0) is 14.8. The molecule has 0 spiro atoms. The average Bonchev–Trinajstić information content (AvgIpc) is 2.49. The number of aryl methyl sites for hydroxylation is 1. The van der Waals surface area contributed by atoms with E-state index in [2.05, 4.69) is 9.82 Å². The summed E-state index contributed by atoms with van der Waals surface area (Å²) in [5, 5.41) is 3.93. The lowest BCUT2D eigenvalue weighted by molar-refractivity contribution is 0.379. The van der Waals surface area contributed by atoms with Crippen LogP contribution in [0.1, 0.15) is 19.0 Å². The molecule has 8 heteroatoms. The molecule has 0 aromatic carbocycles. The minimum absolute atomic E-state index is 0.0345. The maximum atomic E-state index is 12.3. The van der Waals surface area contributed by atoms with Crippen molar-refractivity contribution in [1.29, 1.82) is 0 Å². The molecule has 0 fully saturated rings. The van der Waals surface area contributed by atoms with Gasteiger partial charge in [0, 0.05) is 13.1 Å². The van der Waals surface area contributed by atoms with Crippen LogP contribution in [0.15, 0.2) is 4.90 Å². The molecule has 1 aromatic rings. The third kappa shape index (κ3) is 3.92. The normalized spacial score (nSPS) is 14.0. The van der Waals surface area contributed by atoms with E-state index >= 15 is 0 Å². The highest BCUT2D eigenvalue weighted by Crippen LogP contribution is 2.21. The van der Waals surface area contributed by atoms with E-state index < -0.39 is 10.0 Å². The maximum absolute atomic E-state index is 12.3. The van der Waals surface area contributed by atoms with Gasteiger partial charge in [0.25, 0.3) is 0 Å². The van der Waals surface area contributed by atoms with Crippen LogP contribution in [-0.4, -0.2) is 49.8 Å². The van der Waals surface area contributed by atoms with E-state index in [0.717, 1.165) is 13.0 Å². The van der Waals surface area contributed by atoms with Crippen LogP contribution >= 0.6 is 0 Å². The summed E-state index contributed by atoms with van der Waals surface area (Å²) < 4.78 is 28.7. The van der Waals surface area contributed by atoms with Crippen LogP contribution < -0.4 is 10.5 Å². The largest absolute Gasteiger partial charge is 0.381 e. The average molecular weight is 289 g/mol. The molecule has 1 heterocycles. The molecule has 0 saturated heterocycles. The molecule has 1 unspecified atom stereocenters. The Morgan fingerprint density at radius 3 is 2.47 bits per heavy atom. The van der Waals surface area contributed by atoms with Crippen molar-refractivity contribution >= 4 is 15.8 Å². The summed E-state index contributed by atoms with van der Waals surface area (Å²) in [5.41, 5.74) is 6.20. The summed E-state index contributed by atoms with van der Waals surface area (Å²) in [6.45, 7) is 4.33. The van der Waals surface area contributed by atoms with Gasteiger partial charge in [0.1, 0.15) is 4.90 Å². The van der Waals surface area contributed by atoms with Gasteiger partial charge in [-0.3, -0.25) is 4.68 Å². The molecule has 110 valence electrons. The third-order valence-corrected chi connectivity index (χ3v) is 4.69. The summed E-state index contributed by atoms with van der Waals surface area (Å²) in [7, 11) is 1.94. The smallest absolute Gasteiger partial charge is 0.246 e. The van der Waals surface area contributed by atoms with E-state index in [1.807, 2.05) is 25.9 Å². The van der Waals surface area contributed by atoms with Gasteiger partial charge in [0.15, 0.2) is 5.82 Å². The number of nitrogens with two attached hydrogens (primary N) is 1. The van der Waals surface area contributed by atoms with Crippen LogP contribution in [0.25, 0.3) is 0 Å². The van der Waals surface area contributed by atoms with E-state index in [4.69, 9.17) is 5.73 Å². The van der Waals surface area contributed by atoms with Gasteiger partial charge in [-0.05, 0) is 40.9 Å². The molecule has 19 heavy (non-hydrogen) atoms. The fourth-order valence-corrected chi connectivity index (χ4v) is 3.38. The van der Waals surface area contributed by atoms with Crippen molar-refractivity contribution in [3.63, 3.8) is 0 Å². The first-order valence-electron chi connectivity index (χ1n) is 6.11. The predicted molar refractivity (Wildman–Crippen MR) is 75.3 cm³/mol. The van der Waals surface area contributed by atoms with E-state index in [-0.39, 0.29) is 16.8 Å². The first-order valence-corrected chi connectivity index (χ1v) is 7.59. The van der Waals surface area contributed by atoms with E-state index in [1.165, 1.54) is 4.68 Å². The summed E-state index contributed by atoms with van der Waals surface area (Å²) in [5.74, 6) is 0.0345. The second kappa shape index (κ2) is 5.89. The van der Waals surface area contributed by atoms with Gasteiger partial charge in [-0.15, -0.1) is 0 Å². The molecule has 7 nitrogen and oxygen atoms in total. The van der Waals surface area contributed by atoms with Gasteiger partial charge < -0.3 is 10.6 Å². The van der Waals surface area contributed by atoms with E-state index in [1.54, 1.807) is 14.0 Å². The molecular formula is C11H23N5O2S. The Bertz CT molecular complexity index is 536. The highest BCUT2D eigenvalue weighted by molar-refractivity contribution is 7.89. The van der Waals surface area contributed by atoms with E-state index in [9.17, 15) is 8.42 Å². The standard InChI is InChI=1S/C11H23N5O2S/c1-8(6-7-15(3)4)14-19(17,18)10-9(2)16(5)13-11(10)12/h8,14H,6-7H2,1-5H3,(H2,12,13). The van der Waals surface area contributed by atoms with Gasteiger partial charge in [0.05, 0.1) is 5.69 Å². The maximum Gasteiger partial charge on any atom is 0.246 e. The number of anilines is 1. The summed E-state index contributed by atoms with van der Waals surface area (Å²) in [6.07, 6.45) is 0.728. The van der Waals surface area contributed by atoms with Crippen LogP contribution in [0.2, 0.25) is 0 Å². The Hall–Kier alpha value is -1.12. The molecule has 0 aliphatic rings. The first-order chi connectivity index (χ1) is 8.65. The van der Waals surface area contributed by atoms with Gasteiger partial charge in [-0.25, -0.2) is 13.1 Å². The molecular weight excluding hydrogens is 266 g/mol. The Morgan fingerprint density at radius 1 is 1.47 bits per heavy atom. The number of nitrogens with zero attached hydrogens (tertiary/aromatic N) is 3. The van der Waals surface area contributed by atoms with Crippen molar-refractivity contribution in [2.45, 2.75) is 31.2 Å². The number of hydrogen-bond donors (Lipinski definition) is 2. The molecule has 1 aromatic heterocycles.